The number of benzene rings is 1. The molecule has 0 saturated carbocycles. The van der Waals surface area contributed by atoms with Crippen molar-refractivity contribution in [2.75, 3.05) is 39.8 Å². The molecular formula is C14H19FN2O3. The van der Waals surface area contributed by atoms with Crippen LogP contribution in [0.1, 0.15) is 5.56 Å². The number of hydrogen-bond donors (Lipinski definition) is 1. The van der Waals surface area contributed by atoms with Gasteiger partial charge in [0.15, 0.2) is 6.61 Å². The Hall–Kier alpha value is -1.66. The molecule has 1 aromatic carbocycles. The number of carbonyl (C=O) groups is 1. The van der Waals surface area contributed by atoms with E-state index in [9.17, 15) is 9.18 Å². The summed E-state index contributed by atoms with van der Waals surface area (Å²) in [7, 11) is 2.02. The first-order valence-electron chi connectivity index (χ1n) is 6.58. The molecule has 1 heterocycles. The van der Waals surface area contributed by atoms with Crippen molar-refractivity contribution in [3.05, 3.63) is 29.6 Å². The molecule has 20 heavy (non-hydrogen) atoms. The molecule has 1 aliphatic rings. The van der Waals surface area contributed by atoms with Gasteiger partial charge in [0.2, 0.25) is 0 Å². The molecule has 110 valence electrons. The summed E-state index contributed by atoms with van der Waals surface area (Å²) in [4.78, 5) is 15.9. The van der Waals surface area contributed by atoms with Gasteiger partial charge in [-0.25, -0.2) is 4.39 Å². The Morgan fingerprint density at radius 3 is 2.70 bits per heavy atom. The van der Waals surface area contributed by atoms with E-state index in [-0.39, 0.29) is 19.1 Å². The summed E-state index contributed by atoms with van der Waals surface area (Å²) in [6.07, 6.45) is 0. The fourth-order valence-corrected chi connectivity index (χ4v) is 2.10. The normalized spacial score (nSPS) is 16.2. The predicted molar refractivity (Wildman–Crippen MR) is 71.9 cm³/mol. The molecule has 0 radical (unpaired) electrons. The third kappa shape index (κ3) is 3.68. The van der Waals surface area contributed by atoms with Gasteiger partial charge in [-0.2, -0.15) is 0 Å². The van der Waals surface area contributed by atoms with E-state index in [4.69, 9.17) is 9.84 Å². The molecule has 5 nitrogen and oxygen atoms in total. The lowest BCUT2D eigenvalue weighted by atomic mass is 10.2. The summed E-state index contributed by atoms with van der Waals surface area (Å²) >= 11 is 0. The average Bonchev–Trinajstić information content (AvgIpc) is 2.46. The molecule has 1 amide bonds. The zero-order valence-corrected chi connectivity index (χ0v) is 11.5. The highest BCUT2D eigenvalue weighted by Gasteiger charge is 2.19. The van der Waals surface area contributed by atoms with Gasteiger partial charge in [0, 0.05) is 31.7 Å². The van der Waals surface area contributed by atoms with Gasteiger partial charge < -0.3 is 19.6 Å². The van der Waals surface area contributed by atoms with Gasteiger partial charge in [-0.1, -0.05) is 0 Å². The molecule has 1 aromatic rings. The molecule has 6 heteroatoms. The number of aliphatic hydroxyl groups is 1. The molecular weight excluding hydrogens is 263 g/mol. The minimum absolute atomic E-state index is 0.0914. The second-order valence-corrected chi connectivity index (χ2v) is 4.88. The van der Waals surface area contributed by atoms with Gasteiger partial charge in [0.25, 0.3) is 5.91 Å². The Balaban J connectivity index is 1.90. The molecule has 1 saturated heterocycles. The van der Waals surface area contributed by atoms with Crippen LogP contribution >= 0.6 is 0 Å². The van der Waals surface area contributed by atoms with E-state index in [2.05, 4.69) is 4.90 Å². The van der Waals surface area contributed by atoms with E-state index in [1.54, 1.807) is 4.90 Å². The topological polar surface area (TPSA) is 53.0 Å². The number of aliphatic hydroxyl groups excluding tert-OH is 1. The number of ether oxygens (including phenoxy) is 1. The van der Waals surface area contributed by atoms with E-state index in [1.807, 2.05) is 7.05 Å². The predicted octanol–water partition coefficient (Wildman–Crippen LogP) is 0.471. The van der Waals surface area contributed by atoms with E-state index in [0.29, 0.717) is 24.4 Å². The molecule has 1 aliphatic heterocycles. The first kappa shape index (κ1) is 14.7. The van der Waals surface area contributed by atoms with E-state index >= 15 is 0 Å². The monoisotopic (exact) mass is 282 g/mol. The highest BCUT2D eigenvalue weighted by molar-refractivity contribution is 5.78. The number of carbonyl (C=O) groups excluding carboxylic acids is 1. The highest BCUT2D eigenvalue weighted by atomic mass is 19.1. The maximum Gasteiger partial charge on any atom is 0.260 e. The van der Waals surface area contributed by atoms with Crippen LogP contribution in [-0.2, 0) is 11.4 Å². The highest BCUT2D eigenvalue weighted by Crippen LogP contribution is 2.19. The molecule has 0 atom stereocenters. The van der Waals surface area contributed by atoms with Crippen molar-refractivity contribution in [2.24, 2.45) is 0 Å². The van der Waals surface area contributed by atoms with Gasteiger partial charge in [0.1, 0.15) is 11.6 Å². The minimum atomic E-state index is -0.438. The summed E-state index contributed by atoms with van der Waals surface area (Å²) in [5, 5.41) is 9.14. The number of rotatable bonds is 4. The summed E-state index contributed by atoms with van der Waals surface area (Å²) in [6.45, 7) is 2.66. The molecule has 0 unspecified atom stereocenters. The van der Waals surface area contributed by atoms with Crippen LogP contribution < -0.4 is 4.74 Å². The Kier molecular flexibility index (Phi) is 4.92. The lowest BCUT2D eigenvalue weighted by Gasteiger charge is -2.32. The van der Waals surface area contributed by atoms with Crippen LogP contribution in [0.2, 0.25) is 0 Å². The quantitative estimate of drug-likeness (QED) is 0.872. The minimum Gasteiger partial charge on any atom is -0.483 e. The first-order valence-corrected chi connectivity index (χ1v) is 6.58. The van der Waals surface area contributed by atoms with Crippen LogP contribution in [0.5, 0.6) is 5.75 Å². The number of piperazine rings is 1. The maximum absolute atomic E-state index is 13.0. The Morgan fingerprint density at radius 1 is 1.35 bits per heavy atom. The van der Waals surface area contributed by atoms with Crippen molar-refractivity contribution in [2.45, 2.75) is 6.61 Å². The van der Waals surface area contributed by atoms with Gasteiger partial charge in [-0.05, 0) is 25.2 Å². The maximum atomic E-state index is 13.0. The standard InChI is InChI=1S/C14H19FN2O3/c1-16-4-6-17(7-5-16)14(19)10-20-13-3-2-12(15)8-11(13)9-18/h2-3,8,18H,4-7,9-10H2,1H3. The van der Waals surface area contributed by atoms with Crippen molar-refractivity contribution in [3.63, 3.8) is 0 Å². The van der Waals surface area contributed by atoms with E-state index < -0.39 is 5.82 Å². The third-order valence-electron chi connectivity index (χ3n) is 3.40. The smallest absolute Gasteiger partial charge is 0.260 e. The molecule has 0 aromatic heterocycles. The second kappa shape index (κ2) is 6.67. The Morgan fingerprint density at radius 2 is 2.05 bits per heavy atom. The molecule has 1 fully saturated rings. The Labute approximate surface area is 117 Å². The number of amides is 1. The van der Waals surface area contributed by atoms with E-state index in [1.165, 1.54) is 18.2 Å². The Bertz CT molecular complexity index is 473. The number of nitrogens with zero attached hydrogens (tertiary/aromatic N) is 2. The van der Waals surface area contributed by atoms with Crippen molar-refractivity contribution < 1.29 is 19.0 Å². The van der Waals surface area contributed by atoms with Gasteiger partial charge in [0.05, 0.1) is 6.61 Å². The van der Waals surface area contributed by atoms with Gasteiger partial charge in [-0.15, -0.1) is 0 Å². The molecule has 2 rings (SSSR count). The average molecular weight is 282 g/mol. The zero-order chi connectivity index (χ0) is 14.5. The molecule has 0 spiro atoms. The van der Waals surface area contributed by atoms with Crippen molar-refractivity contribution in [3.8, 4) is 5.75 Å². The second-order valence-electron chi connectivity index (χ2n) is 4.88. The van der Waals surface area contributed by atoms with Crippen LogP contribution in [-0.4, -0.2) is 60.6 Å². The summed E-state index contributed by atoms with van der Waals surface area (Å²) in [5.41, 5.74) is 0.344. The van der Waals surface area contributed by atoms with E-state index in [0.717, 1.165) is 13.1 Å². The van der Waals surface area contributed by atoms with Crippen LogP contribution in [0.15, 0.2) is 18.2 Å². The van der Waals surface area contributed by atoms with Crippen LogP contribution in [0.4, 0.5) is 4.39 Å². The fraction of sp³-hybridized carbons (Fsp3) is 0.500. The third-order valence-corrected chi connectivity index (χ3v) is 3.40. The van der Waals surface area contributed by atoms with Crippen molar-refractivity contribution >= 4 is 5.91 Å². The summed E-state index contributed by atoms with van der Waals surface area (Å²) in [6, 6.07) is 3.88. The lowest BCUT2D eigenvalue weighted by molar-refractivity contribution is -0.134. The van der Waals surface area contributed by atoms with Crippen LogP contribution in [0, 0.1) is 5.82 Å². The summed E-state index contributed by atoms with van der Waals surface area (Å²) < 4.78 is 18.4. The molecule has 0 aliphatic carbocycles. The zero-order valence-electron chi connectivity index (χ0n) is 11.5. The van der Waals surface area contributed by atoms with Gasteiger partial charge in [-0.3, -0.25) is 4.79 Å². The number of halogens is 1. The SMILES string of the molecule is CN1CCN(C(=O)COc2ccc(F)cc2CO)CC1. The molecule has 1 N–H and O–H groups in total. The first-order chi connectivity index (χ1) is 9.60. The van der Waals surface area contributed by atoms with Crippen LogP contribution in [0.3, 0.4) is 0 Å². The summed E-state index contributed by atoms with van der Waals surface area (Å²) in [5.74, 6) is -0.186. The fourth-order valence-electron chi connectivity index (χ4n) is 2.10. The largest absolute Gasteiger partial charge is 0.483 e. The van der Waals surface area contributed by atoms with Crippen molar-refractivity contribution in [1.29, 1.82) is 0 Å². The molecule has 0 bridgehead atoms. The van der Waals surface area contributed by atoms with Crippen molar-refractivity contribution in [1.82, 2.24) is 9.80 Å². The van der Waals surface area contributed by atoms with Crippen LogP contribution in [0.25, 0.3) is 0 Å². The number of likely N-dealkylation sites (N-methyl/N-ethyl adjacent to an activating group) is 1. The lowest BCUT2D eigenvalue weighted by Crippen LogP contribution is -2.48. The van der Waals surface area contributed by atoms with Gasteiger partial charge >= 0.3 is 0 Å². The number of hydrogen-bond acceptors (Lipinski definition) is 4.